The summed E-state index contributed by atoms with van der Waals surface area (Å²) in [6, 6.07) is 0. The van der Waals surface area contributed by atoms with E-state index in [9.17, 15) is 4.79 Å². The number of carbonyl (C=O) groups is 1. The Balaban J connectivity index is 3.89. The molecule has 0 rings (SSSR count). The summed E-state index contributed by atoms with van der Waals surface area (Å²) < 4.78 is 0. The number of amidine groups is 1. The van der Waals surface area contributed by atoms with Crippen LogP contribution in [-0.4, -0.2) is 35.5 Å². The van der Waals surface area contributed by atoms with E-state index >= 15 is 0 Å². The van der Waals surface area contributed by atoms with Gasteiger partial charge < -0.3 is 16.3 Å². The molecule has 112 valence electrons. The monoisotopic (exact) mass is 289 g/mol. The van der Waals surface area contributed by atoms with Gasteiger partial charge in [0.2, 0.25) is 5.91 Å². The van der Waals surface area contributed by atoms with Gasteiger partial charge in [-0.1, -0.05) is 31.8 Å². The molecule has 0 aliphatic heterocycles. The van der Waals surface area contributed by atoms with Crippen LogP contribution in [0.25, 0.3) is 0 Å². The Hall–Kier alpha value is -0.910. The minimum Gasteiger partial charge on any atom is -0.409 e. The van der Waals surface area contributed by atoms with Crippen LogP contribution in [0.3, 0.4) is 0 Å². The number of nitrogens with one attached hydrogen (secondary N) is 1. The molecule has 0 spiro atoms. The molecule has 0 saturated heterocycles. The van der Waals surface area contributed by atoms with Gasteiger partial charge in [-0.25, -0.2) is 0 Å². The molecule has 0 heterocycles. The van der Waals surface area contributed by atoms with Crippen molar-refractivity contribution in [1.29, 1.82) is 0 Å². The van der Waals surface area contributed by atoms with Gasteiger partial charge in [0.25, 0.3) is 0 Å². The van der Waals surface area contributed by atoms with Crippen LogP contribution in [0.5, 0.6) is 0 Å². The van der Waals surface area contributed by atoms with Crippen molar-refractivity contribution in [2.75, 3.05) is 18.6 Å². The van der Waals surface area contributed by atoms with E-state index in [1.54, 1.807) is 0 Å². The van der Waals surface area contributed by atoms with Crippen molar-refractivity contribution in [2.24, 2.45) is 22.7 Å². The fourth-order valence-electron chi connectivity index (χ4n) is 1.89. The Labute approximate surface area is 120 Å². The van der Waals surface area contributed by atoms with E-state index in [1.165, 1.54) is 18.6 Å². The molecule has 0 saturated carbocycles. The lowest BCUT2D eigenvalue weighted by atomic mass is 9.94. The SMILES string of the molecule is CSCCCCCCNC(=O)C(C(N)=NO)C(C)C. The molecule has 0 bridgehead atoms. The number of hydrogen-bond acceptors (Lipinski definition) is 4. The van der Waals surface area contributed by atoms with Gasteiger partial charge in [0, 0.05) is 6.54 Å². The highest BCUT2D eigenvalue weighted by Crippen LogP contribution is 2.11. The zero-order chi connectivity index (χ0) is 14.7. The fraction of sp³-hybridized carbons (Fsp3) is 0.846. The van der Waals surface area contributed by atoms with Crippen molar-refractivity contribution in [3.05, 3.63) is 0 Å². The second kappa shape index (κ2) is 11.0. The van der Waals surface area contributed by atoms with Gasteiger partial charge in [0.15, 0.2) is 5.84 Å². The third kappa shape index (κ3) is 7.97. The van der Waals surface area contributed by atoms with Crippen LogP contribution in [-0.2, 0) is 4.79 Å². The zero-order valence-corrected chi connectivity index (χ0v) is 13.0. The zero-order valence-electron chi connectivity index (χ0n) is 12.2. The van der Waals surface area contributed by atoms with E-state index in [0.29, 0.717) is 6.54 Å². The highest BCUT2D eigenvalue weighted by molar-refractivity contribution is 7.98. The van der Waals surface area contributed by atoms with Gasteiger partial charge in [-0.2, -0.15) is 11.8 Å². The summed E-state index contributed by atoms with van der Waals surface area (Å²) in [7, 11) is 0. The average molecular weight is 289 g/mol. The van der Waals surface area contributed by atoms with Crippen LogP contribution in [0.15, 0.2) is 5.16 Å². The molecule has 1 atom stereocenters. The van der Waals surface area contributed by atoms with Gasteiger partial charge in [0.1, 0.15) is 5.92 Å². The van der Waals surface area contributed by atoms with E-state index < -0.39 is 5.92 Å². The molecule has 0 aromatic rings. The first-order valence-electron chi connectivity index (χ1n) is 6.78. The van der Waals surface area contributed by atoms with Crippen molar-refractivity contribution in [3.63, 3.8) is 0 Å². The highest BCUT2D eigenvalue weighted by atomic mass is 32.2. The second-order valence-corrected chi connectivity index (χ2v) is 5.93. The molecule has 5 nitrogen and oxygen atoms in total. The lowest BCUT2D eigenvalue weighted by Crippen LogP contribution is -2.42. The number of nitrogens with two attached hydrogens (primary N) is 1. The number of nitrogens with zero attached hydrogens (tertiary/aromatic N) is 1. The third-order valence-corrected chi connectivity index (χ3v) is 3.65. The summed E-state index contributed by atoms with van der Waals surface area (Å²) in [4.78, 5) is 11.9. The van der Waals surface area contributed by atoms with Crippen LogP contribution in [0.1, 0.15) is 39.5 Å². The summed E-state index contributed by atoms with van der Waals surface area (Å²) in [5, 5.41) is 14.5. The van der Waals surface area contributed by atoms with Crippen molar-refractivity contribution in [1.82, 2.24) is 5.32 Å². The van der Waals surface area contributed by atoms with E-state index in [0.717, 1.165) is 12.8 Å². The Kier molecular flexibility index (Phi) is 10.4. The summed E-state index contributed by atoms with van der Waals surface area (Å²) in [5.41, 5.74) is 5.54. The summed E-state index contributed by atoms with van der Waals surface area (Å²) >= 11 is 1.86. The van der Waals surface area contributed by atoms with E-state index in [-0.39, 0.29) is 17.7 Å². The molecule has 1 unspecified atom stereocenters. The molecule has 0 aliphatic rings. The standard InChI is InChI=1S/C13H27N3O2S/c1-10(2)11(12(14)16-18)13(17)15-8-6-4-5-7-9-19-3/h10-11,18H,4-9H2,1-3H3,(H2,14,16)(H,15,17). The Morgan fingerprint density at radius 1 is 1.32 bits per heavy atom. The normalized spacial score (nSPS) is 13.6. The second-order valence-electron chi connectivity index (χ2n) is 4.94. The highest BCUT2D eigenvalue weighted by Gasteiger charge is 2.26. The molecule has 4 N–H and O–H groups in total. The average Bonchev–Trinajstić information content (AvgIpc) is 2.37. The van der Waals surface area contributed by atoms with Crippen LogP contribution >= 0.6 is 11.8 Å². The number of oxime groups is 1. The molecule has 19 heavy (non-hydrogen) atoms. The molecule has 0 aromatic heterocycles. The summed E-state index contributed by atoms with van der Waals surface area (Å²) in [6.07, 6.45) is 6.63. The minimum atomic E-state index is -0.554. The Morgan fingerprint density at radius 3 is 2.47 bits per heavy atom. The number of amides is 1. The van der Waals surface area contributed by atoms with E-state index in [1.807, 2.05) is 25.6 Å². The molecular weight excluding hydrogens is 262 g/mol. The van der Waals surface area contributed by atoms with Gasteiger partial charge in [-0.05, 0) is 30.8 Å². The quantitative estimate of drug-likeness (QED) is 0.189. The van der Waals surface area contributed by atoms with E-state index in [4.69, 9.17) is 10.9 Å². The molecule has 0 radical (unpaired) electrons. The van der Waals surface area contributed by atoms with Gasteiger partial charge in [-0.3, -0.25) is 4.79 Å². The molecule has 0 aliphatic carbocycles. The summed E-state index contributed by atoms with van der Waals surface area (Å²) in [6.45, 7) is 4.41. The molecule has 0 aromatic carbocycles. The summed E-state index contributed by atoms with van der Waals surface area (Å²) in [5.74, 6) is 0.478. The maximum atomic E-state index is 11.9. The molecule has 1 amide bonds. The maximum absolute atomic E-state index is 11.9. The predicted molar refractivity (Wildman–Crippen MR) is 81.6 cm³/mol. The van der Waals surface area contributed by atoms with Gasteiger partial charge in [-0.15, -0.1) is 0 Å². The first-order chi connectivity index (χ1) is 9.04. The number of hydrogen-bond donors (Lipinski definition) is 3. The van der Waals surface area contributed by atoms with Gasteiger partial charge >= 0.3 is 0 Å². The molecule has 6 heteroatoms. The third-order valence-electron chi connectivity index (χ3n) is 2.96. The first-order valence-corrected chi connectivity index (χ1v) is 8.18. The fourth-order valence-corrected chi connectivity index (χ4v) is 2.38. The smallest absolute Gasteiger partial charge is 0.231 e. The number of carbonyl (C=O) groups excluding carboxylic acids is 1. The lowest BCUT2D eigenvalue weighted by molar-refractivity contribution is -0.124. The number of thioether (sulfide) groups is 1. The predicted octanol–water partition coefficient (Wildman–Crippen LogP) is 2.04. The Bertz CT molecular complexity index is 283. The molecule has 0 fully saturated rings. The Morgan fingerprint density at radius 2 is 1.95 bits per heavy atom. The first kappa shape index (κ1) is 18.1. The molecular formula is C13H27N3O2S. The van der Waals surface area contributed by atoms with Crippen molar-refractivity contribution in [3.8, 4) is 0 Å². The van der Waals surface area contributed by atoms with Crippen LogP contribution in [0.4, 0.5) is 0 Å². The van der Waals surface area contributed by atoms with Crippen molar-refractivity contribution in [2.45, 2.75) is 39.5 Å². The van der Waals surface area contributed by atoms with Crippen LogP contribution in [0.2, 0.25) is 0 Å². The van der Waals surface area contributed by atoms with Crippen molar-refractivity contribution >= 4 is 23.5 Å². The largest absolute Gasteiger partial charge is 0.409 e. The lowest BCUT2D eigenvalue weighted by Gasteiger charge is -2.18. The van der Waals surface area contributed by atoms with Gasteiger partial charge in [0.05, 0.1) is 0 Å². The topological polar surface area (TPSA) is 87.7 Å². The van der Waals surface area contributed by atoms with Crippen LogP contribution in [0, 0.1) is 11.8 Å². The number of unbranched alkanes of at least 4 members (excludes halogenated alkanes) is 3. The van der Waals surface area contributed by atoms with E-state index in [2.05, 4.69) is 16.7 Å². The van der Waals surface area contributed by atoms with Crippen molar-refractivity contribution < 1.29 is 10.0 Å². The maximum Gasteiger partial charge on any atom is 0.231 e. The number of rotatable bonds is 10. The minimum absolute atomic E-state index is 0.0116. The van der Waals surface area contributed by atoms with Crippen LogP contribution < -0.4 is 11.1 Å².